The first kappa shape index (κ1) is 56.6. The highest BCUT2D eigenvalue weighted by molar-refractivity contribution is 7.21. The van der Waals surface area contributed by atoms with Crippen LogP contribution in [0.5, 0.6) is 0 Å². The molecule has 6 aromatic heterocycles. The van der Waals surface area contributed by atoms with E-state index in [0.717, 1.165) is 74.5 Å². The summed E-state index contributed by atoms with van der Waals surface area (Å²) in [5.41, 5.74) is 23.3. The van der Waals surface area contributed by atoms with Crippen LogP contribution in [0.25, 0.3) is 73.8 Å². The van der Waals surface area contributed by atoms with Crippen LogP contribution in [0, 0.1) is 0 Å². The number of fused-ring (bicyclic) bond motifs is 6. The zero-order valence-corrected chi connectivity index (χ0v) is 48.6. The molecule has 0 radical (unpaired) electrons. The highest BCUT2D eigenvalue weighted by Gasteiger charge is 2.22. The Morgan fingerprint density at radius 3 is 1.21 bits per heavy atom. The average Bonchev–Trinajstić information content (AvgIpc) is 4.22. The smallest absolute Gasteiger partial charge is 0.345 e. The Balaban J connectivity index is 0.000000149. The Kier molecular flexibility index (Phi) is 16.5. The minimum atomic E-state index is -0.896. The molecule has 11 aromatic rings. The van der Waals surface area contributed by atoms with Crippen molar-refractivity contribution in [2.75, 3.05) is 13.1 Å². The van der Waals surface area contributed by atoms with Crippen LogP contribution in [0.1, 0.15) is 131 Å². The molecule has 5 N–H and O–H groups in total. The third kappa shape index (κ3) is 13.1. The van der Waals surface area contributed by atoms with E-state index in [9.17, 15) is 14.4 Å². The third-order valence-electron chi connectivity index (χ3n) is 13.7. The number of nitrogens with two attached hydrogens (primary N) is 1. The maximum absolute atomic E-state index is 13.0. The maximum Gasteiger partial charge on any atom is 0.345 e. The van der Waals surface area contributed by atoms with Crippen LogP contribution in [0.2, 0.25) is 0 Å². The molecule has 0 aliphatic heterocycles. The topological polar surface area (TPSA) is 209 Å². The van der Waals surface area contributed by atoms with Crippen molar-refractivity contribution in [3.05, 3.63) is 205 Å². The molecule has 0 aliphatic carbocycles. The molecule has 5 aromatic carbocycles. The molecule has 80 heavy (non-hydrogen) atoms. The number of thiophene rings is 3. The molecule has 0 aliphatic rings. The van der Waals surface area contributed by atoms with Crippen LogP contribution >= 0.6 is 34.0 Å². The number of amides is 2. The van der Waals surface area contributed by atoms with E-state index in [0.29, 0.717) is 21.2 Å². The van der Waals surface area contributed by atoms with E-state index in [2.05, 4.69) is 143 Å². The number of carboxylic acid groups (broad SMARTS) is 1. The van der Waals surface area contributed by atoms with E-state index >= 15 is 0 Å². The molecule has 13 nitrogen and oxygen atoms in total. The SMILES string of the molecule is CC(C)(C)c1ccc2nc3sc(C(=O)N[C@H](CN)c4ccccc4)cc3cc2c1.CC(C)(C)c1ccc2nc3sc(C(=O)N[C@H](CN=[N+]=[N-])c4ccccc4)cc3cc2c1.CC(C)(C)c1ccc2nc3sc(C(=O)O)cc3cc2c1. The third-order valence-corrected chi connectivity index (χ3v) is 16.9. The van der Waals surface area contributed by atoms with Gasteiger partial charge in [-0.1, -0.05) is 146 Å². The lowest BCUT2D eigenvalue weighted by Gasteiger charge is -2.19. The molecule has 6 heterocycles. The normalized spacial score (nSPS) is 12.6. The van der Waals surface area contributed by atoms with Crippen LogP contribution in [0.4, 0.5) is 0 Å². The van der Waals surface area contributed by atoms with Crippen molar-refractivity contribution >= 4 is 115 Å². The van der Waals surface area contributed by atoms with Gasteiger partial charge in [0.25, 0.3) is 11.8 Å². The minimum Gasteiger partial charge on any atom is -0.477 e. The second-order valence-corrected chi connectivity index (χ2v) is 25.9. The van der Waals surface area contributed by atoms with E-state index in [1.165, 1.54) is 50.7 Å². The number of carboxylic acids is 1. The number of hydrogen-bond donors (Lipinski definition) is 4. The summed E-state index contributed by atoms with van der Waals surface area (Å²) in [5.74, 6) is -1.22. The van der Waals surface area contributed by atoms with Crippen LogP contribution < -0.4 is 16.4 Å². The maximum atomic E-state index is 13.0. The Labute approximate surface area is 476 Å². The Hall–Kier alpha value is -8.11. The molecule has 0 unspecified atom stereocenters. The van der Waals surface area contributed by atoms with Crippen LogP contribution in [0.15, 0.2) is 157 Å². The fourth-order valence-electron chi connectivity index (χ4n) is 9.09. The summed E-state index contributed by atoms with van der Waals surface area (Å²) in [5, 5.41) is 24.8. The molecule has 0 bridgehead atoms. The molecule has 16 heteroatoms. The number of azide groups is 1. The monoisotopic (exact) mass is 1120 g/mol. The van der Waals surface area contributed by atoms with Crippen molar-refractivity contribution in [1.82, 2.24) is 25.6 Å². The Bertz CT molecular complexity index is 4150. The number of carbonyl (C=O) groups excluding carboxylic acids is 2. The zero-order valence-electron chi connectivity index (χ0n) is 46.2. The van der Waals surface area contributed by atoms with Gasteiger partial charge in [-0.2, -0.15) is 0 Å². The first-order valence-electron chi connectivity index (χ1n) is 26.2. The van der Waals surface area contributed by atoms with Crippen molar-refractivity contribution in [3.8, 4) is 0 Å². The summed E-state index contributed by atoms with van der Waals surface area (Å²) < 4.78 is 0. The first-order chi connectivity index (χ1) is 38.0. The van der Waals surface area contributed by atoms with E-state index in [1.807, 2.05) is 91.0 Å². The van der Waals surface area contributed by atoms with E-state index in [4.69, 9.17) is 26.3 Å². The average molecular weight is 1120 g/mol. The Morgan fingerprint density at radius 2 is 0.863 bits per heavy atom. The predicted molar refractivity (Wildman–Crippen MR) is 331 cm³/mol. The van der Waals surface area contributed by atoms with Crippen LogP contribution in [-0.2, 0) is 16.2 Å². The zero-order chi connectivity index (χ0) is 57.1. The number of benzene rings is 5. The predicted octanol–water partition coefficient (Wildman–Crippen LogP) is 16.2. The molecule has 0 saturated carbocycles. The second-order valence-electron chi connectivity index (χ2n) is 22.8. The summed E-state index contributed by atoms with van der Waals surface area (Å²) in [4.78, 5) is 57.8. The minimum absolute atomic E-state index is 0.0567. The molecule has 406 valence electrons. The van der Waals surface area contributed by atoms with Crippen LogP contribution in [0.3, 0.4) is 0 Å². The number of nitrogens with one attached hydrogen (secondary N) is 2. The molecular weight excluding hydrogens is 1050 g/mol. The lowest BCUT2D eigenvalue weighted by atomic mass is 9.86. The molecular formula is C64H63N9O4S3. The van der Waals surface area contributed by atoms with Gasteiger partial charge in [0.15, 0.2) is 0 Å². The summed E-state index contributed by atoms with van der Waals surface area (Å²) in [6.07, 6.45) is 0. The van der Waals surface area contributed by atoms with Crippen molar-refractivity contribution < 1.29 is 19.5 Å². The lowest BCUT2D eigenvalue weighted by molar-refractivity contribution is 0.0701. The van der Waals surface area contributed by atoms with Gasteiger partial charge >= 0.3 is 5.97 Å². The van der Waals surface area contributed by atoms with Crippen molar-refractivity contribution in [1.29, 1.82) is 0 Å². The van der Waals surface area contributed by atoms with Gasteiger partial charge in [-0.05, 0) is 122 Å². The molecule has 0 saturated heterocycles. The first-order valence-corrected chi connectivity index (χ1v) is 28.7. The summed E-state index contributed by atoms with van der Waals surface area (Å²) in [6.45, 7) is 20.2. The highest BCUT2D eigenvalue weighted by atomic mass is 32.1. The standard InChI is InChI=1S/C24H23N5OS.C24H25N3OS.C16H15NO2S/c1-24(2,3)18-9-10-19-16(12-18)11-17-13-21(31-23(17)28-19)22(30)27-20(14-26-29-25)15-7-5-4-6-8-15;1-24(2,3)18-9-10-19-16(12-18)11-17-13-21(29-23(17)27-19)22(28)26-20(14-25)15-7-5-4-6-8-15;1-16(2,3)11-4-5-12-9(7-11)6-10-8-13(15(18)19)20-14(10)17-12/h4-13,20H,14H2,1-3H3,(H,27,30);4-13,20H,14,25H2,1-3H3,(H,26,28);4-8H,1-3H3,(H,18,19)/t2*20-;/m11./s1. The van der Waals surface area contributed by atoms with Gasteiger partial charge in [-0.25, -0.2) is 19.7 Å². The van der Waals surface area contributed by atoms with Gasteiger partial charge < -0.3 is 21.5 Å². The van der Waals surface area contributed by atoms with Gasteiger partial charge in [-0.3, -0.25) is 9.59 Å². The van der Waals surface area contributed by atoms with Crippen molar-refractivity contribution in [3.63, 3.8) is 0 Å². The molecule has 0 spiro atoms. The van der Waals surface area contributed by atoms with Gasteiger partial charge in [0.05, 0.1) is 44.9 Å². The van der Waals surface area contributed by atoms with Gasteiger partial charge in [0, 0.05) is 43.8 Å². The summed E-state index contributed by atoms with van der Waals surface area (Å²) >= 11 is 4.00. The van der Waals surface area contributed by atoms with Crippen molar-refractivity contribution in [2.45, 2.75) is 90.6 Å². The molecule has 0 fully saturated rings. The van der Waals surface area contributed by atoms with Crippen LogP contribution in [-0.4, -0.2) is 50.9 Å². The quantitative estimate of drug-likeness (QED) is 0.0587. The Morgan fingerprint density at radius 1 is 0.512 bits per heavy atom. The van der Waals surface area contributed by atoms with E-state index < -0.39 is 12.0 Å². The number of aromatic carboxylic acids is 1. The fraction of sp³-hybridized carbons (Fsp3) is 0.250. The van der Waals surface area contributed by atoms with Gasteiger partial charge in [0.2, 0.25) is 0 Å². The molecule has 11 rings (SSSR count). The lowest BCUT2D eigenvalue weighted by Crippen LogP contribution is -2.32. The highest BCUT2D eigenvalue weighted by Crippen LogP contribution is 2.34. The fourth-order valence-corrected chi connectivity index (χ4v) is 11.8. The van der Waals surface area contributed by atoms with E-state index in [1.54, 1.807) is 6.07 Å². The number of rotatable bonds is 10. The number of nitrogens with zero attached hydrogens (tertiary/aromatic N) is 6. The number of aromatic nitrogens is 3. The molecule has 2 atom stereocenters. The second kappa shape index (κ2) is 23.3. The summed E-state index contributed by atoms with van der Waals surface area (Å²) in [6, 6.07) is 49.4. The largest absolute Gasteiger partial charge is 0.477 e. The number of hydrogen-bond acceptors (Lipinski definition) is 11. The van der Waals surface area contributed by atoms with E-state index in [-0.39, 0.29) is 40.6 Å². The summed E-state index contributed by atoms with van der Waals surface area (Å²) in [7, 11) is 0. The van der Waals surface area contributed by atoms with Gasteiger partial charge in [0.1, 0.15) is 19.4 Å². The molecule has 2 amide bonds. The number of carbonyl (C=O) groups is 3. The number of pyridine rings is 3. The van der Waals surface area contributed by atoms with Gasteiger partial charge in [-0.15, -0.1) is 34.0 Å². The van der Waals surface area contributed by atoms with Crippen molar-refractivity contribution in [2.24, 2.45) is 10.8 Å².